The summed E-state index contributed by atoms with van der Waals surface area (Å²) in [5.74, 6) is 0. The van der Waals surface area contributed by atoms with Gasteiger partial charge in [0.05, 0.1) is 0 Å². The van der Waals surface area contributed by atoms with Crippen molar-refractivity contribution in [2.75, 3.05) is 0 Å². The largest absolute Gasteiger partial charge is 0.306 e. The van der Waals surface area contributed by atoms with E-state index in [0.29, 0.717) is 6.04 Å². The van der Waals surface area contributed by atoms with Crippen LogP contribution in [0.25, 0.3) is 0 Å². The molecular weight excluding hydrogens is 232 g/mol. The Labute approximate surface area is 114 Å². The Morgan fingerprint density at radius 3 is 2.89 bits per heavy atom. The van der Waals surface area contributed by atoms with Crippen LogP contribution in [0.2, 0.25) is 0 Å². The topological polar surface area (TPSA) is 24.9 Å². The van der Waals surface area contributed by atoms with E-state index in [1.54, 1.807) is 0 Å². The van der Waals surface area contributed by atoms with E-state index in [9.17, 15) is 0 Å². The number of fused-ring (bicyclic) bond motifs is 1. The number of hydrogen-bond donors (Lipinski definition) is 1. The lowest BCUT2D eigenvalue weighted by atomic mass is 10.0. The highest BCUT2D eigenvalue weighted by molar-refractivity contribution is 5.37. The van der Waals surface area contributed by atoms with Gasteiger partial charge < -0.3 is 5.32 Å². The molecule has 0 aliphatic heterocycles. The molecule has 0 bridgehead atoms. The van der Waals surface area contributed by atoms with Crippen molar-refractivity contribution in [2.24, 2.45) is 0 Å². The number of aromatic nitrogens is 1. The van der Waals surface area contributed by atoms with Crippen LogP contribution in [0.15, 0.2) is 36.5 Å². The second kappa shape index (κ2) is 5.14. The number of nitrogens with zero attached hydrogens (tertiary/aromatic N) is 1. The summed E-state index contributed by atoms with van der Waals surface area (Å²) in [6.07, 6.45) is 4.37. The molecule has 1 aromatic carbocycles. The molecule has 98 valence electrons. The average Bonchev–Trinajstić information content (AvgIpc) is 2.80. The first-order valence-corrected chi connectivity index (χ1v) is 6.97. The van der Waals surface area contributed by atoms with Crippen molar-refractivity contribution < 1.29 is 0 Å². The van der Waals surface area contributed by atoms with Crippen molar-refractivity contribution in [2.45, 2.75) is 39.3 Å². The van der Waals surface area contributed by atoms with E-state index in [1.165, 1.54) is 35.1 Å². The zero-order valence-electron chi connectivity index (χ0n) is 11.6. The number of benzene rings is 1. The van der Waals surface area contributed by atoms with Crippen LogP contribution >= 0.6 is 0 Å². The molecule has 0 fully saturated rings. The van der Waals surface area contributed by atoms with Gasteiger partial charge in [-0.25, -0.2) is 0 Å². The van der Waals surface area contributed by atoms with Crippen molar-refractivity contribution in [3.05, 3.63) is 64.5 Å². The van der Waals surface area contributed by atoms with Crippen LogP contribution in [0.4, 0.5) is 0 Å². The normalized spacial score (nSPS) is 17.5. The minimum Gasteiger partial charge on any atom is -0.306 e. The summed E-state index contributed by atoms with van der Waals surface area (Å²) in [5.41, 5.74) is 6.67. The molecule has 2 nitrogen and oxygen atoms in total. The Morgan fingerprint density at radius 1 is 1.21 bits per heavy atom. The first-order chi connectivity index (χ1) is 9.22. The fourth-order valence-electron chi connectivity index (χ4n) is 2.78. The minimum absolute atomic E-state index is 0.496. The van der Waals surface area contributed by atoms with E-state index >= 15 is 0 Å². The molecule has 1 N–H and O–H groups in total. The summed E-state index contributed by atoms with van der Waals surface area (Å²) < 4.78 is 0. The van der Waals surface area contributed by atoms with Crippen molar-refractivity contribution in [3.8, 4) is 0 Å². The third-order valence-electron chi connectivity index (χ3n) is 3.90. The minimum atomic E-state index is 0.496. The van der Waals surface area contributed by atoms with Gasteiger partial charge in [-0.05, 0) is 49.4 Å². The number of pyridine rings is 1. The average molecular weight is 252 g/mol. The van der Waals surface area contributed by atoms with Gasteiger partial charge in [-0.1, -0.05) is 29.8 Å². The molecule has 1 aliphatic carbocycles. The molecule has 1 heterocycles. The molecule has 2 aromatic rings. The standard InChI is InChI=1S/C17H20N2/c1-12-3-6-15-7-8-17(16(15)9-12)19-11-14-5-4-13(2)18-10-14/h3-6,9-10,17,19H,7-8,11H2,1-2H3. The second-order valence-corrected chi connectivity index (χ2v) is 5.48. The third kappa shape index (κ3) is 2.69. The number of nitrogens with one attached hydrogen (secondary N) is 1. The van der Waals surface area contributed by atoms with Gasteiger partial charge in [0.2, 0.25) is 0 Å². The van der Waals surface area contributed by atoms with E-state index in [2.05, 4.69) is 47.6 Å². The van der Waals surface area contributed by atoms with Gasteiger partial charge in [0.1, 0.15) is 0 Å². The van der Waals surface area contributed by atoms with Gasteiger partial charge in [-0.2, -0.15) is 0 Å². The zero-order valence-corrected chi connectivity index (χ0v) is 11.6. The molecule has 19 heavy (non-hydrogen) atoms. The molecule has 1 atom stereocenters. The van der Waals surface area contributed by atoms with E-state index in [4.69, 9.17) is 0 Å². The van der Waals surface area contributed by atoms with Crippen LogP contribution in [0, 0.1) is 13.8 Å². The molecule has 0 saturated carbocycles. The molecular formula is C17H20N2. The van der Waals surface area contributed by atoms with Gasteiger partial charge in [-0.3, -0.25) is 4.98 Å². The number of hydrogen-bond acceptors (Lipinski definition) is 2. The first kappa shape index (κ1) is 12.4. The van der Waals surface area contributed by atoms with Crippen molar-refractivity contribution >= 4 is 0 Å². The Bertz CT molecular complexity index is 572. The van der Waals surface area contributed by atoms with Crippen LogP contribution in [0.1, 0.15) is 40.4 Å². The fraction of sp³-hybridized carbons (Fsp3) is 0.353. The molecule has 0 spiro atoms. The van der Waals surface area contributed by atoms with Gasteiger partial charge >= 0.3 is 0 Å². The van der Waals surface area contributed by atoms with Crippen molar-refractivity contribution in [1.29, 1.82) is 0 Å². The summed E-state index contributed by atoms with van der Waals surface area (Å²) in [6, 6.07) is 11.5. The van der Waals surface area contributed by atoms with E-state index in [-0.39, 0.29) is 0 Å². The summed E-state index contributed by atoms with van der Waals surface area (Å²) >= 11 is 0. The maximum absolute atomic E-state index is 4.34. The highest BCUT2D eigenvalue weighted by Gasteiger charge is 2.21. The second-order valence-electron chi connectivity index (χ2n) is 5.48. The lowest BCUT2D eigenvalue weighted by molar-refractivity contribution is 0.529. The lowest BCUT2D eigenvalue weighted by Gasteiger charge is -2.14. The van der Waals surface area contributed by atoms with Gasteiger partial charge in [-0.15, -0.1) is 0 Å². The van der Waals surface area contributed by atoms with Crippen LogP contribution in [0.5, 0.6) is 0 Å². The van der Waals surface area contributed by atoms with Crippen molar-refractivity contribution in [3.63, 3.8) is 0 Å². The molecule has 2 heteroatoms. The summed E-state index contributed by atoms with van der Waals surface area (Å²) in [6.45, 7) is 5.08. The van der Waals surface area contributed by atoms with E-state index in [0.717, 1.165) is 12.2 Å². The third-order valence-corrected chi connectivity index (χ3v) is 3.90. The summed E-state index contributed by atoms with van der Waals surface area (Å²) in [4.78, 5) is 4.34. The number of aryl methyl sites for hydroxylation is 3. The Balaban J connectivity index is 1.69. The lowest BCUT2D eigenvalue weighted by Crippen LogP contribution is -2.18. The van der Waals surface area contributed by atoms with Crippen LogP contribution in [0.3, 0.4) is 0 Å². The van der Waals surface area contributed by atoms with E-state index < -0.39 is 0 Å². The first-order valence-electron chi connectivity index (χ1n) is 6.97. The molecule has 3 rings (SSSR count). The summed E-state index contributed by atoms with van der Waals surface area (Å²) in [5, 5.41) is 3.66. The molecule has 1 aliphatic rings. The van der Waals surface area contributed by atoms with Gasteiger partial charge in [0, 0.05) is 24.5 Å². The monoisotopic (exact) mass is 252 g/mol. The molecule has 0 saturated heterocycles. The Hall–Kier alpha value is -1.67. The van der Waals surface area contributed by atoms with Crippen LogP contribution < -0.4 is 5.32 Å². The molecule has 1 unspecified atom stereocenters. The highest BCUT2D eigenvalue weighted by Crippen LogP contribution is 2.31. The van der Waals surface area contributed by atoms with Crippen LogP contribution in [-0.4, -0.2) is 4.98 Å². The number of rotatable bonds is 3. The smallest absolute Gasteiger partial charge is 0.0372 e. The molecule has 0 radical (unpaired) electrons. The predicted molar refractivity (Wildman–Crippen MR) is 78.1 cm³/mol. The quantitative estimate of drug-likeness (QED) is 0.904. The predicted octanol–water partition coefficient (Wildman–Crippen LogP) is 3.48. The fourth-order valence-corrected chi connectivity index (χ4v) is 2.78. The van der Waals surface area contributed by atoms with Crippen LogP contribution in [-0.2, 0) is 13.0 Å². The maximum atomic E-state index is 4.34. The van der Waals surface area contributed by atoms with Gasteiger partial charge in [0.25, 0.3) is 0 Å². The Kier molecular flexibility index (Phi) is 3.34. The SMILES string of the molecule is Cc1ccc2c(c1)C(NCc1ccc(C)nc1)CC2. The highest BCUT2D eigenvalue weighted by atomic mass is 14.9. The van der Waals surface area contributed by atoms with Gasteiger partial charge in [0.15, 0.2) is 0 Å². The molecule has 1 aromatic heterocycles. The molecule has 0 amide bonds. The Morgan fingerprint density at radius 2 is 2.11 bits per heavy atom. The zero-order chi connectivity index (χ0) is 13.2. The maximum Gasteiger partial charge on any atom is 0.0372 e. The van der Waals surface area contributed by atoms with Crippen molar-refractivity contribution in [1.82, 2.24) is 10.3 Å². The summed E-state index contributed by atoms with van der Waals surface area (Å²) in [7, 11) is 0. The van der Waals surface area contributed by atoms with E-state index in [1.807, 2.05) is 13.1 Å².